The van der Waals surface area contributed by atoms with Crippen LogP contribution in [0.5, 0.6) is 5.75 Å². The molecule has 2 aromatic rings. The number of benzene rings is 1. The lowest BCUT2D eigenvalue weighted by molar-refractivity contribution is 0.182. The molecule has 0 aliphatic carbocycles. The Kier molecular flexibility index (Phi) is 5.61. The lowest BCUT2D eigenvalue weighted by Crippen LogP contribution is -1.97. The van der Waals surface area contributed by atoms with Gasteiger partial charge < -0.3 is 10.2 Å². The molecule has 0 saturated carbocycles. The van der Waals surface area contributed by atoms with Crippen LogP contribution in [0.15, 0.2) is 36.7 Å². The first-order valence-corrected chi connectivity index (χ1v) is 7.22. The number of phenolic OH excluding ortho intramolecular Hbond substituents is 1. The van der Waals surface area contributed by atoms with Gasteiger partial charge in [-0.3, -0.25) is 0 Å². The maximum absolute atomic E-state index is 13.7. The number of aliphatic hydroxyl groups excluding tert-OH is 1. The summed E-state index contributed by atoms with van der Waals surface area (Å²) in [5, 5.41) is 18.4. The molecule has 2 rings (SSSR count). The van der Waals surface area contributed by atoms with Crippen LogP contribution >= 0.6 is 0 Å². The van der Waals surface area contributed by atoms with E-state index in [0.717, 1.165) is 30.9 Å². The summed E-state index contributed by atoms with van der Waals surface area (Å²) in [6.45, 7) is 1.78. The molecule has 0 aliphatic heterocycles. The fourth-order valence-electron chi connectivity index (χ4n) is 2.00. The van der Waals surface area contributed by atoms with Crippen molar-refractivity contribution in [1.29, 1.82) is 0 Å². The number of unbranched alkanes of at least 4 members (excludes halogenated alkanes) is 1. The molecule has 116 valence electrons. The number of halogens is 1. The lowest BCUT2D eigenvalue weighted by Gasteiger charge is -2.03. The molecule has 0 fully saturated rings. The fourth-order valence-corrected chi connectivity index (χ4v) is 2.00. The number of phenols is 1. The highest BCUT2D eigenvalue weighted by Gasteiger charge is 2.08. The van der Waals surface area contributed by atoms with Crippen molar-refractivity contribution < 1.29 is 14.6 Å². The number of hydrogen-bond donors (Lipinski definition) is 2. The van der Waals surface area contributed by atoms with Gasteiger partial charge >= 0.3 is 0 Å². The van der Waals surface area contributed by atoms with Crippen LogP contribution < -0.4 is 0 Å². The van der Waals surface area contributed by atoms with Crippen LogP contribution in [0.1, 0.15) is 31.7 Å². The van der Waals surface area contributed by atoms with E-state index in [1.807, 2.05) is 12.2 Å². The third-order valence-corrected chi connectivity index (χ3v) is 3.17. The summed E-state index contributed by atoms with van der Waals surface area (Å²) in [7, 11) is 0. The van der Waals surface area contributed by atoms with Gasteiger partial charge in [0.2, 0.25) is 0 Å². The number of aliphatic hydroxyl groups is 1. The molecule has 0 spiro atoms. The van der Waals surface area contributed by atoms with Gasteiger partial charge in [-0.1, -0.05) is 12.2 Å². The zero-order valence-corrected chi connectivity index (χ0v) is 12.4. The van der Waals surface area contributed by atoms with E-state index >= 15 is 0 Å². The third-order valence-electron chi connectivity index (χ3n) is 3.17. The van der Waals surface area contributed by atoms with Crippen molar-refractivity contribution in [2.24, 2.45) is 0 Å². The highest BCUT2D eigenvalue weighted by molar-refractivity contribution is 5.58. The van der Waals surface area contributed by atoms with E-state index in [2.05, 4.69) is 9.97 Å². The van der Waals surface area contributed by atoms with Gasteiger partial charge in [0.1, 0.15) is 11.6 Å². The van der Waals surface area contributed by atoms with E-state index < -0.39 is 5.82 Å². The molecule has 1 atom stereocenters. The Hall–Kier alpha value is -2.27. The molecule has 0 bridgehead atoms. The van der Waals surface area contributed by atoms with Crippen LogP contribution in [0.2, 0.25) is 0 Å². The maximum atomic E-state index is 13.7. The van der Waals surface area contributed by atoms with Gasteiger partial charge in [-0.25, -0.2) is 14.4 Å². The second-order valence-corrected chi connectivity index (χ2v) is 5.19. The van der Waals surface area contributed by atoms with Gasteiger partial charge in [-0.15, -0.1) is 0 Å². The molecule has 0 amide bonds. The Labute approximate surface area is 129 Å². The Bertz CT molecular complexity index is 640. The summed E-state index contributed by atoms with van der Waals surface area (Å²) in [6.07, 6.45) is 9.46. The number of rotatable bonds is 6. The highest BCUT2D eigenvalue weighted by atomic mass is 19.1. The van der Waals surface area contributed by atoms with Crippen molar-refractivity contribution >= 4 is 6.08 Å². The van der Waals surface area contributed by atoms with E-state index in [1.54, 1.807) is 19.3 Å². The smallest absolute Gasteiger partial charge is 0.162 e. The topological polar surface area (TPSA) is 66.2 Å². The Morgan fingerprint density at radius 3 is 2.64 bits per heavy atom. The van der Waals surface area contributed by atoms with Crippen molar-refractivity contribution in [2.45, 2.75) is 32.3 Å². The standard InChI is InChI=1S/C17H19FN2O2/c1-12(21)5-3-2-4-6-13-10-19-17(20-11-13)15-8-7-14(22)9-16(15)18/h4,6-12,21-22H,2-3,5H2,1H3. The first-order chi connectivity index (χ1) is 10.6. The van der Waals surface area contributed by atoms with Crippen molar-refractivity contribution in [3.63, 3.8) is 0 Å². The molecule has 1 heterocycles. The van der Waals surface area contributed by atoms with Crippen LogP contribution in [0.3, 0.4) is 0 Å². The van der Waals surface area contributed by atoms with Crippen LogP contribution in [-0.4, -0.2) is 26.3 Å². The molecule has 22 heavy (non-hydrogen) atoms. The molecule has 0 saturated heterocycles. The Morgan fingerprint density at radius 2 is 2.00 bits per heavy atom. The molecule has 0 radical (unpaired) electrons. The van der Waals surface area contributed by atoms with Gasteiger partial charge in [-0.05, 0) is 38.3 Å². The Morgan fingerprint density at radius 1 is 1.27 bits per heavy atom. The molecule has 1 aromatic heterocycles. The average molecular weight is 302 g/mol. The predicted molar refractivity (Wildman–Crippen MR) is 83.7 cm³/mol. The van der Waals surface area contributed by atoms with Gasteiger partial charge in [0.15, 0.2) is 5.82 Å². The first kappa shape index (κ1) is 16.1. The van der Waals surface area contributed by atoms with Crippen LogP contribution in [0.25, 0.3) is 17.5 Å². The SMILES string of the molecule is CC(O)CCCC=Cc1cnc(-c2ccc(O)cc2F)nc1. The summed E-state index contributed by atoms with van der Waals surface area (Å²) in [4.78, 5) is 8.29. The second kappa shape index (κ2) is 7.66. The van der Waals surface area contributed by atoms with Crippen LogP contribution in [-0.2, 0) is 0 Å². The number of nitrogens with zero attached hydrogens (tertiary/aromatic N) is 2. The van der Waals surface area contributed by atoms with E-state index in [0.29, 0.717) is 0 Å². The summed E-state index contributed by atoms with van der Waals surface area (Å²) >= 11 is 0. The molecular weight excluding hydrogens is 283 g/mol. The summed E-state index contributed by atoms with van der Waals surface area (Å²) in [6, 6.07) is 3.89. The van der Waals surface area contributed by atoms with Crippen molar-refractivity contribution in [2.75, 3.05) is 0 Å². The molecule has 4 nitrogen and oxygen atoms in total. The minimum Gasteiger partial charge on any atom is -0.508 e. The number of allylic oxidation sites excluding steroid dienone is 1. The molecule has 5 heteroatoms. The normalized spacial score (nSPS) is 12.7. The van der Waals surface area contributed by atoms with E-state index in [4.69, 9.17) is 5.11 Å². The summed E-state index contributed by atoms with van der Waals surface area (Å²) in [5.74, 6) is -0.400. The summed E-state index contributed by atoms with van der Waals surface area (Å²) < 4.78 is 13.7. The fraction of sp³-hybridized carbons (Fsp3) is 0.294. The quantitative estimate of drug-likeness (QED) is 0.801. The molecule has 0 aliphatic rings. The van der Waals surface area contributed by atoms with Gasteiger partial charge in [0.05, 0.1) is 11.7 Å². The van der Waals surface area contributed by atoms with Gasteiger partial charge in [0.25, 0.3) is 0 Å². The zero-order valence-electron chi connectivity index (χ0n) is 12.4. The zero-order chi connectivity index (χ0) is 15.9. The monoisotopic (exact) mass is 302 g/mol. The number of hydrogen-bond acceptors (Lipinski definition) is 4. The van der Waals surface area contributed by atoms with Gasteiger partial charge in [-0.2, -0.15) is 0 Å². The van der Waals surface area contributed by atoms with E-state index in [9.17, 15) is 9.50 Å². The van der Waals surface area contributed by atoms with Crippen molar-refractivity contribution in [3.05, 3.63) is 48.0 Å². The number of aromatic nitrogens is 2. The van der Waals surface area contributed by atoms with E-state index in [-0.39, 0.29) is 23.2 Å². The maximum Gasteiger partial charge on any atom is 0.162 e. The van der Waals surface area contributed by atoms with Crippen LogP contribution in [0, 0.1) is 5.82 Å². The average Bonchev–Trinajstić information content (AvgIpc) is 2.47. The highest BCUT2D eigenvalue weighted by Crippen LogP contribution is 2.22. The lowest BCUT2D eigenvalue weighted by atomic mass is 10.1. The van der Waals surface area contributed by atoms with Crippen molar-refractivity contribution in [1.82, 2.24) is 9.97 Å². The van der Waals surface area contributed by atoms with Crippen molar-refractivity contribution in [3.8, 4) is 17.1 Å². The largest absolute Gasteiger partial charge is 0.508 e. The molecule has 1 aromatic carbocycles. The molecular formula is C17H19FN2O2. The van der Waals surface area contributed by atoms with Crippen LogP contribution in [0.4, 0.5) is 4.39 Å². The predicted octanol–water partition coefficient (Wildman–Crippen LogP) is 3.55. The van der Waals surface area contributed by atoms with E-state index in [1.165, 1.54) is 12.1 Å². The van der Waals surface area contributed by atoms with Gasteiger partial charge in [0, 0.05) is 24.0 Å². The second-order valence-electron chi connectivity index (χ2n) is 5.19. The minimum atomic E-state index is -0.554. The molecule has 2 N–H and O–H groups in total. The number of aromatic hydroxyl groups is 1. The summed E-state index contributed by atoms with van der Waals surface area (Å²) in [5.41, 5.74) is 1.09. The Balaban J connectivity index is 1.99. The third kappa shape index (κ3) is 4.63. The minimum absolute atomic E-state index is 0.127. The first-order valence-electron chi connectivity index (χ1n) is 7.22. The molecule has 1 unspecified atom stereocenters.